The molecule has 0 saturated heterocycles. The normalized spacial score (nSPS) is 11.2. The molecule has 7 nitrogen and oxygen atoms in total. The van der Waals surface area contributed by atoms with E-state index in [-0.39, 0.29) is 24.4 Å². The van der Waals surface area contributed by atoms with E-state index in [4.69, 9.17) is 18.0 Å². The summed E-state index contributed by atoms with van der Waals surface area (Å²) < 4.78 is 0. The molecule has 0 unspecified atom stereocenters. The van der Waals surface area contributed by atoms with E-state index in [1.165, 1.54) is 4.90 Å². The van der Waals surface area contributed by atoms with Crippen LogP contribution in [-0.4, -0.2) is 44.3 Å². The lowest BCUT2D eigenvalue weighted by Gasteiger charge is -2.31. The molecule has 1 atom stereocenters. The van der Waals surface area contributed by atoms with Gasteiger partial charge in [0.2, 0.25) is 5.91 Å². The summed E-state index contributed by atoms with van der Waals surface area (Å²) in [6, 6.07) is 25.6. The first kappa shape index (κ1) is 26.4. The second-order valence-corrected chi connectivity index (χ2v) is 8.74. The van der Waals surface area contributed by atoms with Crippen LogP contribution in [0.3, 0.4) is 0 Å². The van der Waals surface area contributed by atoms with Crippen LogP contribution in [0.5, 0.6) is 0 Å². The number of carbonyl (C=O) groups excluding carboxylic acids is 4. The number of thiocarbonyl (C=S) groups is 1. The molecule has 2 N–H and O–H groups in total. The highest BCUT2D eigenvalue weighted by Gasteiger charge is 2.40. The van der Waals surface area contributed by atoms with Gasteiger partial charge in [-0.05, 0) is 16.7 Å². The predicted octanol–water partition coefficient (Wildman–Crippen LogP) is 3.06. The Morgan fingerprint density at radius 3 is 1.56 bits per heavy atom. The van der Waals surface area contributed by atoms with Gasteiger partial charge in [0.25, 0.3) is 17.7 Å². The molecule has 0 saturated carbocycles. The summed E-state index contributed by atoms with van der Waals surface area (Å²) >= 11 is 5.30. The quantitative estimate of drug-likeness (QED) is 0.340. The molecule has 0 aliphatic heterocycles. The van der Waals surface area contributed by atoms with Gasteiger partial charge in [-0.3, -0.25) is 24.1 Å². The van der Waals surface area contributed by atoms with Crippen LogP contribution in [-0.2, 0) is 38.7 Å². The molecule has 0 spiro atoms. The number of nitrogens with two attached hydrogens (primary N) is 1. The largest absolute Gasteiger partial charge is 0.367 e. The molecule has 3 aromatic rings. The molecule has 4 amide bonds. The molecule has 3 rings (SSSR count). The van der Waals surface area contributed by atoms with E-state index in [1.54, 1.807) is 24.3 Å². The maximum Gasteiger partial charge on any atom is 0.268 e. The van der Waals surface area contributed by atoms with Gasteiger partial charge in [-0.1, -0.05) is 103 Å². The standard InChI is InChI=1S/C28H27N3O4S/c1-20(32)31(27(34)24(36)17-21-11-5-2-6-12-21)25(26(29)33)28(35)30(18-22-13-7-3-8-14-22)19-23-15-9-4-10-16-23/h2-16,25H,17-19H2,1H3,(H2,29,33)/t25-/m0/s1. The average molecular weight is 502 g/mol. The van der Waals surface area contributed by atoms with Crippen LogP contribution in [0.25, 0.3) is 0 Å². The van der Waals surface area contributed by atoms with Crippen molar-refractivity contribution in [3.63, 3.8) is 0 Å². The molecule has 0 fully saturated rings. The Balaban J connectivity index is 1.93. The number of hydrogen-bond acceptors (Lipinski definition) is 5. The van der Waals surface area contributed by atoms with E-state index in [0.717, 1.165) is 23.6 Å². The molecule has 36 heavy (non-hydrogen) atoms. The Kier molecular flexibility index (Phi) is 9.19. The molecule has 0 bridgehead atoms. The van der Waals surface area contributed by atoms with Crippen molar-refractivity contribution >= 4 is 40.7 Å². The number of amides is 4. The molecule has 0 aromatic heterocycles. The molecule has 0 aliphatic rings. The number of nitrogens with zero attached hydrogens (tertiary/aromatic N) is 2. The predicted molar refractivity (Wildman–Crippen MR) is 140 cm³/mol. The summed E-state index contributed by atoms with van der Waals surface area (Å²) in [7, 11) is 0. The number of hydrogen-bond donors (Lipinski definition) is 1. The number of benzene rings is 3. The maximum absolute atomic E-state index is 13.8. The highest BCUT2D eigenvalue weighted by molar-refractivity contribution is 7.82. The number of imide groups is 1. The first-order valence-electron chi connectivity index (χ1n) is 11.3. The molecular weight excluding hydrogens is 474 g/mol. The molecule has 0 aliphatic carbocycles. The zero-order valence-corrected chi connectivity index (χ0v) is 20.7. The van der Waals surface area contributed by atoms with Crippen molar-refractivity contribution in [2.24, 2.45) is 5.73 Å². The van der Waals surface area contributed by atoms with Gasteiger partial charge in [-0.15, -0.1) is 0 Å². The minimum absolute atomic E-state index is 0.0796. The molecule has 3 aromatic carbocycles. The summed E-state index contributed by atoms with van der Waals surface area (Å²) in [6.45, 7) is 1.39. The van der Waals surface area contributed by atoms with Crippen molar-refractivity contribution in [2.45, 2.75) is 32.5 Å². The van der Waals surface area contributed by atoms with Crippen LogP contribution in [0.1, 0.15) is 23.6 Å². The fraction of sp³-hybridized carbons (Fsp3) is 0.179. The molecule has 8 heteroatoms. The van der Waals surface area contributed by atoms with Gasteiger partial charge in [0, 0.05) is 26.4 Å². The zero-order chi connectivity index (χ0) is 26.1. The van der Waals surface area contributed by atoms with Crippen molar-refractivity contribution in [1.82, 2.24) is 9.80 Å². The topological polar surface area (TPSA) is 101 Å². The first-order valence-corrected chi connectivity index (χ1v) is 11.8. The van der Waals surface area contributed by atoms with Crippen molar-refractivity contribution in [3.8, 4) is 0 Å². The monoisotopic (exact) mass is 501 g/mol. The van der Waals surface area contributed by atoms with Crippen molar-refractivity contribution < 1.29 is 19.2 Å². The van der Waals surface area contributed by atoms with Crippen LogP contribution >= 0.6 is 12.2 Å². The third-order valence-corrected chi connectivity index (χ3v) is 5.83. The van der Waals surface area contributed by atoms with Gasteiger partial charge >= 0.3 is 0 Å². The Morgan fingerprint density at radius 1 is 0.750 bits per heavy atom. The summed E-state index contributed by atoms with van der Waals surface area (Å²) in [5.41, 5.74) is 8.00. The Hall–Kier alpha value is -4.17. The summed E-state index contributed by atoms with van der Waals surface area (Å²) in [4.78, 5) is 54.1. The zero-order valence-electron chi connectivity index (χ0n) is 19.9. The van der Waals surface area contributed by atoms with Crippen LogP contribution in [0.4, 0.5) is 0 Å². The van der Waals surface area contributed by atoms with Gasteiger partial charge in [-0.25, -0.2) is 0 Å². The van der Waals surface area contributed by atoms with E-state index in [0.29, 0.717) is 4.90 Å². The SMILES string of the molecule is CC(=O)N(C(=O)C(=S)Cc1ccccc1)[C@@H](C(N)=O)C(=O)N(Cc1ccccc1)Cc1ccccc1. The van der Waals surface area contributed by atoms with Crippen molar-refractivity contribution in [3.05, 3.63) is 108 Å². The number of primary amides is 1. The molecule has 0 radical (unpaired) electrons. The highest BCUT2D eigenvalue weighted by atomic mass is 32.1. The van der Waals surface area contributed by atoms with Gasteiger partial charge in [0.15, 0.2) is 6.04 Å². The average Bonchev–Trinajstić information content (AvgIpc) is 2.87. The minimum Gasteiger partial charge on any atom is -0.367 e. The van der Waals surface area contributed by atoms with Crippen LogP contribution < -0.4 is 5.73 Å². The summed E-state index contributed by atoms with van der Waals surface area (Å²) in [5, 5.41) is 0. The maximum atomic E-state index is 13.8. The Morgan fingerprint density at radius 2 is 1.17 bits per heavy atom. The van der Waals surface area contributed by atoms with E-state index in [2.05, 4.69) is 0 Å². The lowest BCUT2D eigenvalue weighted by atomic mass is 10.1. The second-order valence-electron chi connectivity index (χ2n) is 8.25. The van der Waals surface area contributed by atoms with Crippen LogP contribution in [0.2, 0.25) is 0 Å². The Bertz CT molecular complexity index is 1190. The lowest BCUT2D eigenvalue weighted by molar-refractivity contribution is -0.156. The van der Waals surface area contributed by atoms with E-state index < -0.39 is 29.7 Å². The van der Waals surface area contributed by atoms with Gasteiger partial charge in [0.05, 0.1) is 4.86 Å². The third kappa shape index (κ3) is 6.93. The molecule has 0 heterocycles. The van der Waals surface area contributed by atoms with E-state index in [1.807, 2.05) is 66.7 Å². The molecular formula is C28H27N3O4S. The second kappa shape index (κ2) is 12.5. The van der Waals surface area contributed by atoms with Crippen LogP contribution in [0, 0.1) is 0 Å². The third-order valence-electron chi connectivity index (χ3n) is 5.51. The Labute approximate surface area is 215 Å². The van der Waals surface area contributed by atoms with E-state index in [9.17, 15) is 19.2 Å². The fourth-order valence-corrected chi connectivity index (χ4v) is 4.05. The van der Waals surface area contributed by atoms with Gasteiger partial charge < -0.3 is 10.6 Å². The summed E-state index contributed by atoms with van der Waals surface area (Å²) in [6.07, 6.45) is 0.0796. The van der Waals surface area contributed by atoms with Gasteiger partial charge in [-0.2, -0.15) is 0 Å². The van der Waals surface area contributed by atoms with E-state index >= 15 is 0 Å². The summed E-state index contributed by atoms with van der Waals surface area (Å²) in [5.74, 6) is -3.57. The molecule has 184 valence electrons. The van der Waals surface area contributed by atoms with Crippen molar-refractivity contribution in [1.29, 1.82) is 0 Å². The fourth-order valence-electron chi connectivity index (χ4n) is 3.78. The number of rotatable bonds is 10. The highest BCUT2D eigenvalue weighted by Crippen LogP contribution is 2.16. The lowest BCUT2D eigenvalue weighted by Crippen LogP contribution is -2.59. The van der Waals surface area contributed by atoms with Crippen molar-refractivity contribution in [2.75, 3.05) is 0 Å². The minimum atomic E-state index is -1.84. The van der Waals surface area contributed by atoms with Crippen LogP contribution in [0.15, 0.2) is 91.0 Å². The number of carbonyl (C=O) groups is 4. The van der Waals surface area contributed by atoms with Gasteiger partial charge in [0.1, 0.15) is 0 Å². The first-order chi connectivity index (χ1) is 17.3. The smallest absolute Gasteiger partial charge is 0.268 e.